The molecule has 0 spiro atoms. The fraction of sp³-hybridized carbons (Fsp3) is 0.286. The minimum Gasteiger partial charge on any atom is -0.382 e. The SMILES string of the molecule is COCCOCCCNC(=O)c1cc(-c2ccncc2)nc2ccccc12. The number of nitrogens with zero attached hydrogens (tertiary/aromatic N) is 2. The summed E-state index contributed by atoms with van der Waals surface area (Å²) in [6.45, 7) is 2.28. The Morgan fingerprint density at radius 2 is 1.89 bits per heavy atom. The van der Waals surface area contributed by atoms with Gasteiger partial charge in [0.1, 0.15) is 0 Å². The molecular formula is C21H23N3O3. The topological polar surface area (TPSA) is 73.3 Å². The highest BCUT2D eigenvalue weighted by atomic mass is 16.5. The number of aromatic nitrogens is 2. The first-order valence-electron chi connectivity index (χ1n) is 8.94. The lowest BCUT2D eigenvalue weighted by molar-refractivity contribution is 0.0688. The van der Waals surface area contributed by atoms with Crippen LogP contribution in [0.1, 0.15) is 16.8 Å². The number of hydrogen-bond acceptors (Lipinski definition) is 5. The first-order valence-corrected chi connectivity index (χ1v) is 8.94. The van der Waals surface area contributed by atoms with Gasteiger partial charge >= 0.3 is 0 Å². The summed E-state index contributed by atoms with van der Waals surface area (Å²) in [5.41, 5.74) is 3.09. The van der Waals surface area contributed by atoms with Crippen molar-refractivity contribution in [2.45, 2.75) is 6.42 Å². The van der Waals surface area contributed by atoms with Crippen molar-refractivity contribution in [2.75, 3.05) is 33.5 Å². The number of carbonyl (C=O) groups excluding carboxylic acids is 1. The van der Waals surface area contributed by atoms with Crippen molar-refractivity contribution in [3.8, 4) is 11.3 Å². The summed E-state index contributed by atoms with van der Waals surface area (Å²) in [7, 11) is 1.64. The Kier molecular flexibility index (Phi) is 6.84. The summed E-state index contributed by atoms with van der Waals surface area (Å²) in [5, 5.41) is 3.81. The number of pyridine rings is 2. The van der Waals surface area contributed by atoms with Gasteiger partial charge in [0.2, 0.25) is 0 Å². The number of methoxy groups -OCH3 is 1. The number of rotatable bonds is 9. The van der Waals surface area contributed by atoms with Crippen LogP contribution >= 0.6 is 0 Å². The second kappa shape index (κ2) is 9.75. The van der Waals surface area contributed by atoms with Gasteiger partial charge in [-0.2, -0.15) is 0 Å². The van der Waals surface area contributed by atoms with Crippen molar-refractivity contribution in [2.24, 2.45) is 0 Å². The van der Waals surface area contributed by atoms with Crippen LogP contribution in [0.3, 0.4) is 0 Å². The molecule has 0 atom stereocenters. The Labute approximate surface area is 158 Å². The van der Waals surface area contributed by atoms with Crippen molar-refractivity contribution in [3.63, 3.8) is 0 Å². The maximum atomic E-state index is 12.8. The summed E-state index contributed by atoms with van der Waals surface area (Å²) in [5.74, 6) is -0.110. The van der Waals surface area contributed by atoms with Crippen LogP contribution in [-0.4, -0.2) is 49.4 Å². The fourth-order valence-corrected chi connectivity index (χ4v) is 2.75. The van der Waals surface area contributed by atoms with Gasteiger partial charge in [0.25, 0.3) is 5.91 Å². The monoisotopic (exact) mass is 365 g/mol. The highest BCUT2D eigenvalue weighted by molar-refractivity contribution is 6.07. The van der Waals surface area contributed by atoms with Crippen LogP contribution < -0.4 is 5.32 Å². The second-order valence-corrected chi connectivity index (χ2v) is 6.02. The molecule has 0 fully saturated rings. The molecule has 0 aliphatic heterocycles. The third-order valence-corrected chi connectivity index (χ3v) is 4.12. The number of carbonyl (C=O) groups is 1. The largest absolute Gasteiger partial charge is 0.382 e. The number of fused-ring (bicyclic) bond motifs is 1. The number of amides is 1. The summed E-state index contributed by atoms with van der Waals surface area (Å²) >= 11 is 0. The number of nitrogens with one attached hydrogen (secondary N) is 1. The molecule has 0 saturated carbocycles. The summed E-state index contributed by atoms with van der Waals surface area (Å²) in [6.07, 6.45) is 4.18. The van der Waals surface area contributed by atoms with Crippen molar-refractivity contribution >= 4 is 16.8 Å². The molecule has 1 amide bonds. The first-order chi connectivity index (χ1) is 13.3. The normalized spacial score (nSPS) is 10.9. The van der Waals surface area contributed by atoms with E-state index in [0.29, 0.717) is 31.9 Å². The Morgan fingerprint density at radius 3 is 2.70 bits per heavy atom. The Bertz CT molecular complexity index is 884. The maximum Gasteiger partial charge on any atom is 0.252 e. The van der Waals surface area contributed by atoms with E-state index in [1.165, 1.54) is 0 Å². The zero-order valence-corrected chi connectivity index (χ0v) is 15.4. The van der Waals surface area contributed by atoms with Crippen LogP contribution in [-0.2, 0) is 9.47 Å². The van der Waals surface area contributed by atoms with Crippen molar-refractivity contribution in [3.05, 3.63) is 60.4 Å². The molecule has 0 radical (unpaired) electrons. The summed E-state index contributed by atoms with van der Waals surface area (Å²) in [4.78, 5) is 21.5. The van der Waals surface area contributed by atoms with E-state index >= 15 is 0 Å². The molecule has 27 heavy (non-hydrogen) atoms. The van der Waals surface area contributed by atoms with Gasteiger partial charge in [-0.3, -0.25) is 9.78 Å². The summed E-state index contributed by atoms with van der Waals surface area (Å²) in [6, 6.07) is 13.3. The molecule has 2 aromatic heterocycles. The van der Waals surface area contributed by atoms with E-state index in [1.807, 2.05) is 42.5 Å². The molecular weight excluding hydrogens is 342 g/mol. The van der Waals surface area contributed by atoms with Crippen molar-refractivity contribution in [1.82, 2.24) is 15.3 Å². The third kappa shape index (κ3) is 5.09. The minimum absolute atomic E-state index is 0.110. The highest BCUT2D eigenvalue weighted by Gasteiger charge is 2.13. The van der Waals surface area contributed by atoms with Crippen molar-refractivity contribution in [1.29, 1.82) is 0 Å². The molecule has 3 rings (SSSR count). The van der Waals surface area contributed by atoms with Crippen LogP contribution in [0.25, 0.3) is 22.2 Å². The Balaban J connectivity index is 1.73. The molecule has 0 unspecified atom stereocenters. The van der Waals surface area contributed by atoms with Crippen LogP contribution in [0.4, 0.5) is 0 Å². The van der Waals surface area contributed by atoms with Gasteiger partial charge in [0.05, 0.1) is 30.0 Å². The van der Waals surface area contributed by atoms with Crippen molar-refractivity contribution < 1.29 is 14.3 Å². The van der Waals surface area contributed by atoms with Gasteiger partial charge in [0.15, 0.2) is 0 Å². The fourth-order valence-electron chi connectivity index (χ4n) is 2.75. The van der Waals surface area contributed by atoms with Gasteiger partial charge in [-0.05, 0) is 30.7 Å². The highest BCUT2D eigenvalue weighted by Crippen LogP contribution is 2.24. The van der Waals surface area contributed by atoms with Crippen LogP contribution in [0.15, 0.2) is 54.9 Å². The Morgan fingerprint density at radius 1 is 1.07 bits per heavy atom. The van der Waals surface area contributed by atoms with Crippen LogP contribution in [0.2, 0.25) is 0 Å². The lowest BCUT2D eigenvalue weighted by atomic mass is 10.0. The average molecular weight is 365 g/mol. The number of benzene rings is 1. The van der Waals surface area contributed by atoms with E-state index < -0.39 is 0 Å². The lowest BCUT2D eigenvalue weighted by Crippen LogP contribution is -2.25. The molecule has 6 heteroatoms. The number of hydrogen-bond donors (Lipinski definition) is 1. The molecule has 3 aromatic rings. The van der Waals surface area contributed by atoms with E-state index in [0.717, 1.165) is 28.6 Å². The Hall–Kier alpha value is -2.83. The lowest BCUT2D eigenvalue weighted by Gasteiger charge is -2.11. The van der Waals surface area contributed by atoms with Gasteiger partial charge in [-0.15, -0.1) is 0 Å². The quantitative estimate of drug-likeness (QED) is 0.590. The molecule has 1 N–H and O–H groups in total. The van der Waals surface area contributed by atoms with E-state index in [2.05, 4.69) is 15.3 Å². The molecule has 2 heterocycles. The van der Waals surface area contributed by atoms with E-state index in [1.54, 1.807) is 19.5 Å². The van der Waals surface area contributed by atoms with E-state index in [4.69, 9.17) is 9.47 Å². The van der Waals surface area contributed by atoms with Gasteiger partial charge in [0, 0.05) is 43.6 Å². The molecule has 0 bridgehead atoms. The molecule has 0 aliphatic rings. The van der Waals surface area contributed by atoms with Gasteiger partial charge in [-0.1, -0.05) is 18.2 Å². The zero-order valence-electron chi connectivity index (χ0n) is 15.4. The third-order valence-electron chi connectivity index (χ3n) is 4.12. The zero-order chi connectivity index (χ0) is 18.9. The molecule has 0 saturated heterocycles. The minimum atomic E-state index is -0.110. The number of ether oxygens (including phenoxy) is 2. The molecule has 6 nitrogen and oxygen atoms in total. The predicted octanol–water partition coefficient (Wildman–Crippen LogP) is 3.08. The predicted molar refractivity (Wildman–Crippen MR) is 105 cm³/mol. The van der Waals surface area contributed by atoms with Gasteiger partial charge < -0.3 is 14.8 Å². The summed E-state index contributed by atoms with van der Waals surface area (Å²) < 4.78 is 10.3. The number of para-hydroxylation sites is 1. The second-order valence-electron chi connectivity index (χ2n) is 6.02. The molecule has 0 aliphatic carbocycles. The molecule has 1 aromatic carbocycles. The standard InChI is InChI=1S/C21H23N3O3/c1-26-13-14-27-12-4-9-23-21(25)18-15-20(16-7-10-22-11-8-16)24-19-6-3-2-5-17(18)19/h2-3,5-8,10-11,15H,4,9,12-14H2,1H3,(H,23,25). The van der Waals surface area contributed by atoms with E-state index in [9.17, 15) is 4.79 Å². The van der Waals surface area contributed by atoms with Crippen LogP contribution in [0.5, 0.6) is 0 Å². The van der Waals surface area contributed by atoms with E-state index in [-0.39, 0.29) is 5.91 Å². The average Bonchev–Trinajstić information content (AvgIpc) is 2.72. The molecule has 140 valence electrons. The smallest absolute Gasteiger partial charge is 0.252 e. The van der Waals surface area contributed by atoms with Gasteiger partial charge in [-0.25, -0.2) is 4.98 Å². The van der Waals surface area contributed by atoms with Crippen LogP contribution in [0, 0.1) is 0 Å². The first kappa shape index (κ1) is 18.9. The maximum absolute atomic E-state index is 12.8.